The van der Waals surface area contributed by atoms with Gasteiger partial charge in [-0.25, -0.2) is 0 Å². The molecule has 2 rings (SSSR count). The Balaban J connectivity index is 1.82. The second kappa shape index (κ2) is 5.87. The Kier molecular flexibility index (Phi) is 4.20. The van der Waals surface area contributed by atoms with E-state index in [9.17, 15) is 9.90 Å². The van der Waals surface area contributed by atoms with Crippen LogP contribution in [0.3, 0.4) is 0 Å². The molecule has 0 saturated heterocycles. The van der Waals surface area contributed by atoms with Crippen molar-refractivity contribution in [3.05, 3.63) is 29.8 Å². The van der Waals surface area contributed by atoms with Gasteiger partial charge in [0.2, 0.25) is 0 Å². The Morgan fingerprint density at radius 2 is 2.00 bits per heavy atom. The number of phenolic OH excluding ortho intramolecular Hbond substituents is 1. The number of rotatable bonds is 4. The van der Waals surface area contributed by atoms with Crippen LogP contribution in [-0.2, 0) is 11.3 Å². The number of phenols is 1. The van der Waals surface area contributed by atoms with E-state index in [1.807, 2.05) is 12.1 Å². The molecule has 1 fully saturated rings. The summed E-state index contributed by atoms with van der Waals surface area (Å²) in [5.41, 5.74) is 1.10. The molecular formula is C14H19NO3. The summed E-state index contributed by atoms with van der Waals surface area (Å²) >= 11 is 0. The largest absolute Gasteiger partial charge is 0.508 e. The minimum Gasteiger partial charge on any atom is -0.508 e. The van der Waals surface area contributed by atoms with Gasteiger partial charge in [0.05, 0.1) is 5.92 Å². The lowest BCUT2D eigenvalue weighted by Crippen LogP contribution is -2.36. The predicted molar refractivity (Wildman–Crippen MR) is 68.3 cm³/mol. The lowest BCUT2D eigenvalue weighted by Gasteiger charge is -2.27. The fourth-order valence-corrected chi connectivity index (χ4v) is 2.48. The summed E-state index contributed by atoms with van der Waals surface area (Å²) in [5.74, 6) is -0.607. The number of aliphatic carboxylic acids is 1. The van der Waals surface area contributed by atoms with Gasteiger partial charge in [-0.1, -0.05) is 18.6 Å². The van der Waals surface area contributed by atoms with Gasteiger partial charge in [0, 0.05) is 12.6 Å². The molecule has 0 amide bonds. The predicted octanol–water partition coefficient (Wildman–Crippen LogP) is 2.13. The molecule has 0 radical (unpaired) electrons. The quantitative estimate of drug-likeness (QED) is 0.764. The van der Waals surface area contributed by atoms with Crippen molar-refractivity contribution < 1.29 is 15.0 Å². The highest BCUT2D eigenvalue weighted by Crippen LogP contribution is 2.24. The van der Waals surface area contributed by atoms with Crippen molar-refractivity contribution >= 4 is 5.97 Å². The zero-order valence-electron chi connectivity index (χ0n) is 10.3. The van der Waals surface area contributed by atoms with Crippen LogP contribution in [0.5, 0.6) is 5.75 Å². The summed E-state index contributed by atoms with van der Waals surface area (Å²) in [7, 11) is 0. The molecule has 0 aromatic heterocycles. The minimum absolute atomic E-state index is 0.198. The van der Waals surface area contributed by atoms with Crippen LogP contribution >= 0.6 is 0 Å². The maximum absolute atomic E-state index is 11.0. The molecule has 1 saturated carbocycles. The van der Waals surface area contributed by atoms with E-state index < -0.39 is 5.97 Å². The molecule has 4 heteroatoms. The number of benzene rings is 1. The summed E-state index contributed by atoms with van der Waals surface area (Å²) in [5, 5.41) is 21.6. The van der Waals surface area contributed by atoms with Crippen LogP contribution in [-0.4, -0.2) is 22.2 Å². The molecule has 1 aliphatic rings. The topological polar surface area (TPSA) is 69.6 Å². The van der Waals surface area contributed by atoms with Crippen molar-refractivity contribution in [3.63, 3.8) is 0 Å². The fourth-order valence-electron chi connectivity index (χ4n) is 2.48. The number of carboxylic acid groups (broad SMARTS) is 1. The van der Waals surface area contributed by atoms with E-state index in [-0.39, 0.29) is 17.7 Å². The molecule has 2 unspecified atom stereocenters. The average molecular weight is 249 g/mol. The van der Waals surface area contributed by atoms with Gasteiger partial charge in [-0.15, -0.1) is 0 Å². The molecule has 1 aromatic carbocycles. The number of nitrogens with one attached hydrogen (secondary N) is 1. The highest BCUT2D eigenvalue weighted by molar-refractivity contribution is 5.70. The van der Waals surface area contributed by atoms with E-state index in [0.29, 0.717) is 6.42 Å². The third kappa shape index (κ3) is 3.47. The molecule has 0 bridgehead atoms. The monoisotopic (exact) mass is 249 g/mol. The van der Waals surface area contributed by atoms with Gasteiger partial charge in [-0.2, -0.15) is 0 Å². The zero-order valence-corrected chi connectivity index (χ0v) is 10.3. The van der Waals surface area contributed by atoms with Crippen molar-refractivity contribution in [2.24, 2.45) is 5.92 Å². The lowest BCUT2D eigenvalue weighted by atomic mass is 9.86. The Morgan fingerprint density at radius 1 is 1.28 bits per heavy atom. The molecule has 18 heavy (non-hydrogen) atoms. The van der Waals surface area contributed by atoms with E-state index in [2.05, 4.69) is 5.32 Å². The lowest BCUT2D eigenvalue weighted by molar-refractivity contribution is -0.143. The molecule has 0 spiro atoms. The number of carbonyl (C=O) groups is 1. The fraction of sp³-hybridized carbons (Fsp3) is 0.500. The normalized spacial score (nSPS) is 23.8. The Hall–Kier alpha value is -1.55. The molecule has 98 valence electrons. The first-order valence-electron chi connectivity index (χ1n) is 6.39. The van der Waals surface area contributed by atoms with E-state index in [0.717, 1.165) is 31.4 Å². The van der Waals surface area contributed by atoms with Crippen LogP contribution in [0.15, 0.2) is 24.3 Å². The third-order valence-corrected chi connectivity index (χ3v) is 3.55. The van der Waals surface area contributed by atoms with Crippen molar-refractivity contribution in [2.45, 2.75) is 38.3 Å². The van der Waals surface area contributed by atoms with Gasteiger partial charge in [0.1, 0.15) is 5.75 Å². The minimum atomic E-state index is -0.675. The third-order valence-electron chi connectivity index (χ3n) is 3.55. The summed E-state index contributed by atoms with van der Waals surface area (Å²) in [6.45, 7) is 0.720. The second-order valence-corrected chi connectivity index (χ2v) is 4.95. The van der Waals surface area contributed by atoms with Gasteiger partial charge in [-0.05, 0) is 37.0 Å². The van der Waals surface area contributed by atoms with Crippen LogP contribution in [0.4, 0.5) is 0 Å². The van der Waals surface area contributed by atoms with Crippen LogP contribution in [0, 0.1) is 5.92 Å². The smallest absolute Gasteiger partial charge is 0.306 e. The summed E-state index contributed by atoms with van der Waals surface area (Å²) in [4.78, 5) is 11.0. The summed E-state index contributed by atoms with van der Waals surface area (Å²) in [6.07, 6.45) is 3.53. The van der Waals surface area contributed by atoms with Crippen LogP contribution in [0.25, 0.3) is 0 Å². The summed E-state index contributed by atoms with van der Waals surface area (Å²) in [6, 6.07) is 7.36. The van der Waals surface area contributed by atoms with Gasteiger partial charge in [0.15, 0.2) is 0 Å². The Labute approximate surface area is 107 Å². The van der Waals surface area contributed by atoms with Gasteiger partial charge >= 0.3 is 5.97 Å². The molecule has 1 aromatic rings. The molecule has 4 nitrogen and oxygen atoms in total. The first-order valence-corrected chi connectivity index (χ1v) is 6.39. The van der Waals surface area contributed by atoms with Gasteiger partial charge in [-0.3, -0.25) is 4.79 Å². The van der Waals surface area contributed by atoms with Crippen LogP contribution < -0.4 is 5.32 Å². The van der Waals surface area contributed by atoms with E-state index in [4.69, 9.17) is 5.11 Å². The SMILES string of the molecule is O=C(O)C1CCCC(NCc2ccc(O)cc2)C1. The Bertz CT molecular complexity index is 402. The van der Waals surface area contributed by atoms with Crippen molar-refractivity contribution in [1.29, 1.82) is 0 Å². The number of aromatic hydroxyl groups is 1. The maximum Gasteiger partial charge on any atom is 0.306 e. The van der Waals surface area contributed by atoms with E-state index in [1.165, 1.54) is 0 Å². The van der Waals surface area contributed by atoms with Crippen molar-refractivity contribution in [2.75, 3.05) is 0 Å². The second-order valence-electron chi connectivity index (χ2n) is 4.95. The van der Waals surface area contributed by atoms with Crippen molar-refractivity contribution in [3.8, 4) is 5.75 Å². The standard InChI is InChI=1S/C14H19NO3/c16-13-6-4-10(5-7-13)9-15-12-3-1-2-11(8-12)14(17)18/h4-7,11-12,15-16H,1-3,8-9H2,(H,17,18). The average Bonchev–Trinajstić information content (AvgIpc) is 2.38. The molecule has 0 aliphatic heterocycles. The highest BCUT2D eigenvalue weighted by atomic mass is 16.4. The number of hydrogen-bond acceptors (Lipinski definition) is 3. The van der Waals surface area contributed by atoms with Gasteiger partial charge in [0.25, 0.3) is 0 Å². The van der Waals surface area contributed by atoms with Crippen LogP contribution in [0.1, 0.15) is 31.2 Å². The first-order chi connectivity index (χ1) is 8.65. The molecule has 1 aliphatic carbocycles. The first kappa shape index (κ1) is 12.9. The molecular weight excluding hydrogens is 230 g/mol. The Morgan fingerprint density at radius 3 is 2.67 bits per heavy atom. The summed E-state index contributed by atoms with van der Waals surface area (Å²) < 4.78 is 0. The molecule has 3 N–H and O–H groups in total. The number of carboxylic acids is 1. The van der Waals surface area contributed by atoms with E-state index in [1.54, 1.807) is 12.1 Å². The van der Waals surface area contributed by atoms with Crippen molar-refractivity contribution in [1.82, 2.24) is 5.32 Å². The number of hydrogen-bond donors (Lipinski definition) is 3. The van der Waals surface area contributed by atoms with Crippen LogP contribution in [0.2, 0.25) is 0 Å². The van der Waals surface area contributed by atoms with E-state index >= 15 is 0 Å². The van der Waals surface area contributed by atoms with Gasteiger partial charge < -0.3 is 15.5 Å². The maximum atomic E-state index is 11.0. The molecule has 0 heterocycles. The highest BCUT2D eigenvalue weighted by Gasteiger charge is 2.26. The zero-order chi connectivity index (χ0) is 13.0. The molecule has 2 atom stereocenters.